The van der Waals surface area contributed by atoms with Gasteiger partial charge in [-0.15, -0.1) is 11.3 Å². The molecule has 248 valence electrons. The van der Waals surface area contributed by atoms with Crippen LogP contribution in [-0.4, -0.2) is 69.7 Å². The van der Waals surface area contributed by atoms with E-state index in [1.54, 1.807) is 24.3 Å². The number of ether oxygens (including phenoxy) is 1. The number of piperazine rings is 1. The second-order valence-electron chi connectivity index (χ2n) is 14.1. The van der Waals surface area contributed by atoms with Gasteiger partial charge in [-0.1, -0.05) is 37.1 Å². The first-order valence-electron chi connectivity index (χ1n) is 16.9. The Hall–Kier alpha value is -3.88. The van der Waals surface area contributed by atoms with Crippen LogP contribution in [0.3, 0.4) is 0 Å². The van der Waals surface area contributed by atoms with Gasteiger partial charge in [-0.3, -0.25) is 9.69 Å². The van der Waals surface area contributed by atoms with Crippen molar-refractivity contribution in [2.75, 3.05) is 26.2 Å². The highest BCUT2D eigenvalue weighted by Crippen LogP contribution is 2.41. The molecule has 0 bridgehead atoms. The first-order chi connectivity index (χ1) is 22.5. The zero-order valence-electron chi connectivity index (χ0n) is 27.7. The monoisotopic (exact) mass is 654 g/mol. The average molecular weight is 655 g/mol. The fourth-order valence-corrected chi connectivity index (χ4v) is 8.31. The Kier molecular flexibility index (Phi) is 9.90. The topological polar surface area (TPSA) is 90.3 Å². The smallest absolute Gasteiger partial charge is 0.410 e. The number of amides is 1. The fourth-order valence-electron chi connectivity index (χ4n) is 7.07. The molecule has 1 aliphatic heterocycles. The molecule has 6 rings (SSSR count). The van der Waals surface area contributed by atoms with E-state index >= 15 is 0 Å². The first-order valence-corrected chi connectivity index (χ1v) is 17.8. The van der Waals surface area contributed by atoms with Gasteiger partial charge < -0.3 is 19.8 Å². The Morgan fingerprint density at radius 2 is 1.55 bits per heavy atom. The van der Waals surface area contributed by atoms with E-state index in [1.807, 2.05) is 56.0 Å². The van der Waals surface area contributed by atoms with Gasteiger partial charge in [0.1, 0.15) is 17.1 Å². The summed E-state index contributed by atoms with van der Waals surface area (Å²) >= 11 is 1.47. The highest BCUT2D eigenvalue weighted by Gasteiger charge is 2.30. The van der Waals surface area contributed by atoms with Crippen LogP contribution < -0.4 is 0 Å². The lowest BCUT2D eigenvalue weighted by molar-refractivity contribution is 0.00944. The van der Waals surface area contributed by atoms with Gasteiger partial charge in [0.15, 0.2) is 5.78 Å². The van der Waals surface area contributed by atoms with Crippen molar-refractivity contribution in [3.05, 3.63) is 83.4 Å². The van der Waals surface area contributed by atoms with E-state index in [4.69, 9.17) is 4.74 Å². The summed E-state index contributed by atoms with van der Waals surface area (Å²) in [5.74, 6) is 1.00. The summed E-state index contributed by atoms with van der Waals surface area (Å²) in [7, 11) is 0. The van der Waals surface area contributed by atoms with Crippen molar-refractivity contribution in [1.82, 2.24) is 9.80 Å². The zero-order valence-corrected chi connectivity index (χ0v) is 28.5. The molecule has 1 saturated carbocycles. The minimum absolute atomic E-state index is 0.0432. The zero-order chi connectivity index (χ0) is 33.1. The highest BCUT2D eigenvalue weighted by atomic mass is 32.1. The number of benzene rings is 3. The van der Waals surface area contributed by atoms with Crippen LogP contribution in [0.15, 0.2) is 66.7 Å². The number of ketones is 1. The molecule has 2 aliphatic rings. The maximum atomic E-state index is 14.0. The molecule has 7 nitrogen and oxygen atoms in total. The molecule has 8 heteroatoms. The molecule has 1 saturated heterocycles. The minimum atomic E-state index is -0.463. The SMILES string of the molecule is CC(C)(C)OC(=O)N1CCN(C2CCCC(CCc3ccc(C(=O)c4c(-c5ccc(O)cc5)sc5cc(O)ccc45)cc3)CC2)CC1. The summed E-state index contributed by atoms with van der Waals surface area (Å²) < 4.78 is 6.42. The molecule has 2 N–H and O–H groups in total. The van der Waals surface area contributed by atoms with E-state index in [1.165, 1.54) is 49.0 Å². The lowest BCUT2D eigenvalue weighted by atomic mass is 9.92. The van der Waals surface area contributed by atoms with E-state index in [0.717, 1.165) is 59.5 Å². The number of nitrogens with zero attached hydrogens (tertiary/aromatic N) is 2. The Morgan fingerprint density at radius 1 is 0.851 bits per heavy atom. The third-order valence-electron chi connectivity index (χ3n) is 9.63. The molecule has 1 aromatic heterocycles. The lowest BCUT2D eigenvalue weighted by Crippen LogP contribution is -2.52. The van der Waals surface area contributed by atoms with Crippen LogP contribution in [0.5, 0.6) is 11.5 Å². The van der Waals surface area contributed by atoms with Crippen molar-refractivity contribution in [3.63, 3.8) is 0 Å². The van der Waals surface area contributed by atoms with E-state index < -0.39 is 5.60 Å². The number of hydrogen-bond donors (Lipinski definition) is 2. The maximum Gasteiger partial charge on any atom is 0.410 e. The van der Waals surface area contributed by atoms with Gasteiger partial charge in [-0.2, -0.15) is 0 Å². The highest BCUT2D eigenvalue weighted by molar-refractivity contribution is 7.22. The van der Waals surface area contributed by atoms with Crippen LogP contribution in [0.1, 0.15) is 80.8 Å². The molecule has 4 aromatic rings. The number of thiophene rings is 1. The van der Waals surface area contributed by atoms with Crippen LogP contribution in [0.25, 0.3) is 20.5 Å². The third-order valence-corrected chi connectivity index (χ3v) is 10.8. The minimum Gasteiger partial charge on any atom is -0.508 e. The number of aromatic hydroxyl groups is 2. The standard InChI is InChI=1S/C39H46N2O5S/c1-39(2,3)46-38(45)41-23-21-40(22-24-41)30-6-4-5-26(11-16-30)7-8-27-9-12-28(13-10-27)36(44)35-33-20-19-32(43)25-34(33)47-37(35)29-14-17-31(42)18-15-29/h9-10,12-15,17-20,25-26,30,42-43H,4-8,11,16,21-24H2,1-3H3. The summed E-state index contributed by atoms with van der Waals surface area (Å²) in [6, 6.07) is 20.7. The van der Waals surface area contributed by atoms with Gasteiger partial charge in [0.05, 0.1) is 0 Å². The Bertz CT molecular complexity index is 1700. The largest absolute Gasteiger partial charge is 0.508 e. The van der Waals surface area contributed by atoms with E-state index in [2.05, 4.69) is 17.0 Å². The summed E-state index contributed by atoms with van der Waals surface area (Å²) in [6.45, 7) is 9.04. The molecule has 0 radical (unpaired) electrons. The van der Waals surface area contributed by atoms with Gasteiger partial charge in [0.25, 0.3) is 0 Å². The molecule has 2 atom stereocenters. The van der Waals surface area contributed by atoms with Gasteiger partial charge >= 0.3 is 6.09 Å². The molecule has 47 heavy (non-hydrogen) atoms. The molecular weight excluding hydrogens is 609 g/mol. The van der Waals surface area contributed by atoms with Crippen LogP contribution >= 0.6 is 11.3 Å². The number of aryl methyl sites for hydroxylation is 1. The summed E-state index contributed by atoms with van der Waals surface area (Å²) in [6.07, 6.45) is 8.11. The van der Waals surface area contributed by atoms with Crippen LogP contribution in [0, 0.1) is 5.92 Å². The van der Waals surface area contributed by atoms with Crippen molar-refractivity contribution < 1.29 is 24.5 Å². The molecule has 1 aliphatic carbocycles. The van der Waals surface area contributed by atoms with Crippen LogP contribution in [0.2, 0.25) is 0 Å². The second kappa shape index (κ2) is 14.1. The Morgan fingerprint density at radius 3 is 2.26 bits per heavy atom. The molecule has 0 spiro atoms. The van der Waals surface area contributed by atoms with Gasteiger partial charge in [-0.05, 0) is 112 Å². The van der Waals surface area contributed by atoms with Crippen molar-refractivity contribution >= 4 is 33.3 Å². The van der Waals surface area contributed by atoms with Crippen molar-refractivity contribution in [1.29, 1.82) is 0 Å². The van der Waals surface area contributed by atoms with Crippen LogP contribution in [-0.2, 0) is 11.2 Å². The predicted octanol–water partition coefficient (Wildman–Crippen LogP) is 8.64. The quantitative estimate of drug-likeness (QED) is 0.153. The number of hydrogen-bond acceptors (Lipinski definition) is 7. The second-order valence-corrected chi connectivity index (χ2v) is 15.2. The normalized spacial score (nSPS) is 19.4. The number of rotatable bonds is 7. The molecule has 3 aromatic carbocycles. The molecule has 2 fully saturated rings. The number of carbonyl (C=O) groups is 2. The number of fused-ring (bicyclic) bond motifs is 1. The van der Waals surface area contributed by atoms with Crippen molar-refractivity contribution in [2.45, 2.75) is 77.4 Å². The van der Waals surface area contributed by atoms with Gasteiger partial charge in [0, 0.05) is 58.3 Å². The van der Waals surface area contributed by atoms with Gasteiger partial charge in [0.2, 0.25) is 0 Å². The number of phenols is 2. The van der Waals surface area contributed by atoms with E-state index in [9.17, 15) is 19.8 Å². The summed E-state index contributed by atoms with van der Waals surface area (Å²) in [5.41, 5.74) is 2.92. The van der Waals surface area contributed by atoms with Gasteiger partial charge in [-0.25, -0.2) is 4.79 Å². The predicted molar refractivity (Wildman–Crippen MR) is 189 cm³/mol. The maximum absolute atomic E-state index is 14.0. The molecule has 2 unspecified atom stereocenters. The van der Waals surface area contributed by atoms with Crippen LogP contribution in [0.4, 0.5) is 4.79 Å². The summed E-state index contributed by atoms with van der Waals surface area (Å²) in [4.78, 5) is 31.7. The molecular formula is C39H46N2O5S. The van der Waals surface area contributed by atoms with Crippen molar-refractivity contribution in [2.24, 2.45) is 5.92 Å². The number of carbonyl (C=O) groups excluding carboxylic acids is 2. The summed E-state index contributed by atoms with van der Waals surface area (Å²) in [5, 5.41) is 20.7. The Labute approximate surface area is 281 Å². The first kappa shape index (κ1) is 33.0. The van der Waals surface area contributed by atoms with E-state index in [0.29, 0.717) is 23.1 Å². The average Bonchev–Trinajstić information content (AvgIpc) is 3.25. The third kappa shape index (κ3) is 7.99. The number of phenolic OH excluding ortho intramolecular Hbond substituents is 2. The molecule has 2 heterocycles. The van der Waals surface area contributed by atoms with Crippen molar-refractivity contribution in [3.8, 4) is 21.9 Å². The Balaban J connectivity index is 1.04. The van der Waals surface area contributed by atoms with E-state index in [-0.39, 0.29) is 23.4 Å². The lowest BCUT2D eigenvalue weighted by Gasteiger charge is -2.39. The fraction of sp³-hybridized carbons (Fsp3) is 0.436. The molecule has 1 amide bonds.